The highest BCUT2D eigenvalue weighted by Crippen LogP contribution is 2.28. The smallest absolute Gasteiger partial charge is 0.124 e. The second kappa shape index (κ2) is 4.68. The van der Waals surface area contributed by atoms with Crippen LogP contribution in [0.4, 0.5) is 0 Å². The average Bonchev–Trinajstić information content (AvgIpc) is 3.23. The van der Waals surface area contributed by atoms with Crippen LogP contribution in [0.3, 0.4) is 0 Å². The fourth-order valence-electron chi connectivity index (χ4n) is 3.28. The van der Waals surface area contributed by atoms with E-state index in [1.807, 2.05) is 16.8 Å². The van der Waals surface area contributed by atoms with E-state index in [1.54, 1.807) is 0 Å². The Bertz CT molecular complexity index is 1140. The molecule has 0 aliphatic carbocycles. The van der Waals surface area contributed by atoms with Gasteiger partial charge in [-0.25, -0.2) is 4.68 Å². The summed E-state index contributed by atoms with van der Waals surface area (Å²) in [6, 6.07) is 22.9. The molecule has 5 rings (SSSR count). The minimum Gasteiger partial charge on any atom is -0.314 e. The molecule has 0 saturated heterocycles. The Morgan fingerprint density at radius 1 is 0.783 bits per heavy atom. The zero-order valence-corrected chi connectivity index (χ0v) is 12.4. The van der Waals surface area contributed by atoms with Gasteiger partial charge in [0, 0.05) is 11.6 Å². The first kappa shape index (κ1) is 12.4. The highest BCUT2D eigenvalue weighted by molar-refractivity contribution is 6.08. The van der Waals surface area contributed by atoms with Crippen LogP contribution >= 0.6 is 0 Å². The number of hydrogen-bond acceptors (Lipinski definition) is 2. The third-order valence-corrected chi connectivity index (χ3v) is 4.32. The van der Waals surface area contributed by atoms with Crippen LogP contribution in [-0.4, -0.2) is 19.4 Å². The Morgan fingerprint density at radius 3 is 2.48 bits per heavy atom. The van der Waals surface area contributed by atoms with Gasteiger partial charge in [0.15, 0.2) is 0 Å². The lowest BCUT2D eigenvalue weighted by Crippen LogP contribution is -2.02. The molecule has 0 amide bonds. The van der Waals surface area contributed by atoms with Gasteiger partial charge in [0.05, 0.1) is 17.6 Å². The van der Waals surface area contributed by atoms with Gasteiger partial charge in [-0.3, -0.25) is 0 Å². The molecule has 0 saturated carbocycles. The SMILES string of the molecule is c1ccc(Cn2nnc3c4ccccc4n4cccc4c32)cc1. The summed E-state index contributed by atoms with van der Waals surface area (Å²) in [5.74, 6) is 0. The van der Waals surface area contributed by atoms with Crippen LogP contribution < -0.4 is 0 Å². The molecule has 5 aromatic rings. The Morgan fingerprint density at radius 2 is 1.57 bits per heavy atom. The number of hydrogen-bond donors (Lipinski definition) is 0. The summed E-state index contributed by atoms with van der Waals surface area (Å²) in [5.41, 5.74) is 5.56. The first-order valence-electron chi connectivity index (χ1n) is 7.67. The summed E-state index contributed by atoms with van der Waals surface area (Å²) in [4.78, 5) is 0. The zero-order chi connectivity index (χ0) is 15.2. The van der Waals surface area contributed by atoms with E-state index < -0.39 is 0 Å². The Kier molecular flexibility index (Phi) is 2.52. The van der Waals surface area contributed by atoms with Crippen molar-refractivity contribution in [1.29, 1.82) is 0 Å². The predicted octanol–water partition coefficient (Wildman–Crippen LogP) is 3.89. The molecule has 2 aromatic carbocycles. The number of rotatable bonds is 2. The van der Waals surface area contributed by atoms with Gasteiger partial charge in [-0.15, -0.1) is 5.10 Å². The van der Waals surface area contributed by atoms with Gasteiger partial charge in [-0.05, 0) is 23.8 Å². The Hall–Kier alpha value is -3.14. The summed E-state index contributed by atoms with van der Waals surface area (Å²) in [5, 5.41) is 10.0. The molecule has 3 heterocycles. The van der Waals surface area contributed by atoms with Gasteiger partial charge in [0.1, 0.15) is 11.0 Å². The van der Waals surface area contributed by atoms with Crippen LogP contribution in [0.15, 0.2) is 72.9 Å². The molecular weight excluding hydrogens is 284 g/mol. The molecule has 3 aromatic heterocycles. The average molecular weight is 298 g/mol. The van der Waals surface area contributed by atoms with Crippen molar-refractivity contribution in [1.82, 2.24) is 19.4 Å². The van der Waals surface area contributed by atoms with Crippen molar-refractivity contribution in [2.45, 2.75) is 6.54 Å². The number of aromatic nitrogens is 4. The third kappa shape index (κ3) is 1.78. The van der Waals surface area contributed by atoms with Crippen molar-refractivity contribution < 1.29 is 0 Å². The van der Waals surface area contributed by atoms with Crippen molar-refractivity contribution in [3.8, 4) is 0 Å². The van der Waals surface area contributed by atoms with Crippen LogP contribution in [0.2, 0.25) is 0 Å². The highest BCUT2D eigenvalue weighted by Gasteiger charge is 2.14. The second-order valence-electron chi connectivity index (χ2n) is 5.71. The molecule has 110 valence electrons. The lowest BCUT2D eigenvalue weighted by Gasteiger charge is -2.07. The zero-order valence-electron chi connectivity index (χ0n) is 12.4. The van der Waals surface area contributed by atoms with Crippen LogP contribution in [0.1, 0.15) is 5.56 Å². The maximum atomic E-state index is 4.47. The molecule has 0 spiro atoms. The molecule has 0 bridgehead atoms. The Labute approximate surface area is 132 Å². The minimum atomic E-state index is 0.719. The molecule has 0 aliphatic rings. The van der Waals surface area contributed by atoms with Crippen molar-refractivity contribution in [2.24, 2.45) is 0 Å². The molecule has 4 nitrogen and oxygen atoms in total. The fourth-order valence-corrected chi connectivity index (χ4v) is 3.28. The van der Waals surface area contributed by atoms with Crippen LogP contribution in [0.25, 0.3) is 27.5 Å². The first-order valence-corrected chi connectivity index (χ1v) is 7.67. The van der Waals surface area contributed by atoms with Crippen molar-refractivity contribution in [3.05, 3.63) is 78.5 Å². The highest BCUT2D eigenvalue weighted by atomic mass is 15.4. The lowest BCUT2D eigenvalue weighted by atomic mass is 10.1. The number of para-hydroxylation sites is 1. The quantitative estimate of drug-likeness (QED) is 0.495. The van der Waals surface area contributed by atoms with E-state index in [1.165, 1.54) is 5.56 Å². The summed E-state index contributed by atoms with van der Waals surface area (Å²) in [7, 11) is 0. The second-order valence-corrected chi connectivity index (χ2v) is 5.71. The Balaban J connectivity index is 1.86. The van der Waals surface area contributed by atoms with Crippen molar-refractivity contribution in [3.63, 3.8) is 0 Å². The topological polar surface area (TPSA) is 35.1 Å². The molecule has 23 heavy (non-hydrogen) atoms. The van der Waals surface area contributed by atoms with E-state index in [0.717, 1.165) is 34.0 Å². The summed E-state index contributed by atoms with van der Waals surface area (Å²) in [6.45, 7) is 0.719. The van der Waals surface area contributed by atoms with Crippen LogP contribution in [-0.2, 0) is 6.54 Å². The van der Waals surface area contributed by atoms with Gasteiger partial charge in [-0.1, -0.05) is 53.7 Å². The molecule has 0 N–H and O–H groups in total. The maximum absolute atomic E-state index is 4.47. The molecule has 0 radical (unpaired) electrons. The summed E-state index contributed by atoms with van der Waals surface area (Å²) >= 11 is 0. The normalized spacial score (nSPS) is 11.7. The van der Waals surface area contributed by atoms with Crippen molar-refractivity contribution >= 4 is 27.5 Å². The number of benzene rings is 2. The van der Waals surface area contributed by atoms with E-state index in [9.17, 15) is 0 Å². The fraction of sp³-hybridized carbons (Fsp3) is 0.0526. The minimum absolute atomic E-state index is 0.719. The monoisotopic (exact) mass is 298 g/mol. The number of pyridine rings is 1. The van der Waals surface area contributed by atoms with E-state index in [4.69, 9.17) is 0 Å². The van der Waals surface area contributed by atoms with Crippen LogP contribution in [0, 0.1) is 0 Å². The number of nitrogens with zero attached hydrogens (tertiary/aromatic N) is 4. The molecule has 0 atom stereocenters. The van der Waals surface area contributed by atoms with Gasteiger partial charge in [0.2, 0.25) is 0 Å². The summed E-state index contributed by atoms with van der Waals surface area (Å²) in [6.07, 6.45) is 2.09. The lowest BCUT2D eigenvalue weighted by molar-refractivity contribution is 0.671. The molecule has 4 heteroatoms. The standard InChI is InChI=1S/C19H14N4/c1-2-7-14(8-3-1)13-23-19-17-11-6-12-22(17)16-10-5-4-9-15(16)18(19)20-21-23/h1-12H,13H2. The van der Waals surface area contributed by atoms with E-state index in [2.05, 4.69) is 75.5 Å². The van der Waals surface area contributed by atoms with Crippen LogP contribution in [0.5, 0.6) is 0 Å². The van der Waals surface area contributed by atoms with Gasteiger partial charge in [-0.2, -0.15) is 0 Å². The number of fused-ring (bicyclic) bond motifs is 6. The maximum Gasteiger partial charge on any atom is 0.124 e. The van der Waals surface area contributed by atoms with E-state index >= 15 is 0 Å². The molecule has 0 fully saturated rings. The van der Waals surface area contributed by atoms with E-state index in [-0.39, 0.29) is 0 Å². The molecule has 0 aliphatic heterocycles. The van der Waals surface area contributed by atoms with Gasteiger partial charge < -0.3 is 4.40 Å². The molecule has 0 unspecified atom stereocenters. The molecular formula is C19H14N4. The van der Waals surface area contributed by atoms with Gasteiger partial charge in [0.25, 0.3) is 0 Å². The largest absolute Gasteiger partial charge is 0.314 e. The predicted molar refractivity (Wildman–Crippen MR) is 91.5 cm³/mol. The van der Waals surface area contributed by atoms with E-state index in [0.29, 0.717) is 0 Å². The summed E-state index contributed by atoms with van der Waals surface area (Å²) < 4.78 is 4.20. The third-order valence-electron chi connectivity index (χ3n) is 4.32. The van der Waals surface area contributed by atoms with Gasteiger partial charge >= 0.3 is 0 Å². The van der Waals surface area contributed by atoms with Crippen molar-refractivity contribution in [2.75, 3.05) is 0 Å². The first-order chi connectivity index (χ1) is 11.4.